The first-order chi connectivity index (χ1) is 11.0. The molecule has 0 spiro atoms. The number of aryl methyl sites for hydroxylation is 1. The van der Waals surface area contributed by atoms with Gasteiger partial charge in [-0.05, 0) is 31.9 Å². The van der Waals surface area contributed by atoms with Crippen LogP contribution in [0.4, 0.5) is 10.2 Å². The second-order valence-electron chi connectivity index (χ2n) is 5.74. The Balaban J connectivity index is 1.59. The molecule has 0 bridgehead atoms. The van der Waals surface area contributed by atoms with Gasteiger partial charge in [-0.1, -0.05) is 17.7 Å². The highest BCUT2D eigenvalue weighted by Crippen LogP contribution is 2.21. The lowest BCUT2D eigenvalue weighted by Crippen LogP contribution is -2.45. The summed E-state index contributed by atoms with van der Waals surface area (Å²) >= 11 is 5.93. The third-order valence-electron chi connectivity index (χ3n) is 4.04. The number of nitrogens with one attached hydrogen (secondary N) is 2. The van der Waals surface area contributed by atoms with Crippen LogP contribution in [0.1, 0.15) is 28.9 Å². The standard InChI is InChI=1S/C16H18ClFN4O/c1-10-9-14(21-20-10)22-7-5-11(6-8-22)19-16(23)15-12(17)3-2-4-13(15)18/h2-4,9,11H,5-8H2,1H3,(H,19,23)(H,20,21). The van der Waals surface area contributed by atoms with Gasteiger partial charge in [-0.2, -0.15) is 5.10 Å². The molecule has 2 aromatic rings. The van der Waals surface area contributed by atoms with E-state index in [0.29, 0.717) is 0 Å². The van der Waals surface area contributed by atoms with E-state index in [-0.39, 0.29) is 16.6 Å². The number of aromatic amines is 1. The maximum atomic E-state index is 13.8. The molecule has 0 aliphatic carbocycles. The van der Waals surface area contributed by atoms with Gasteiger partial charge in [0, 0.05) is 30.9 Å². The molecule has 1 aliphatic rings. The van der Waals surface area contributed by atoms with Crippen LogP contribution in [0.25, 0.3) is 0 Å². The number of hydrogen-bond acceptors (Lipinski definition) is 3. The fourth-order valence-corrected chi connectivity index (χ4v) is 3.04. The number of halogens is 2. The molecule has 2 N–H and O–H groups in total. The molecule has 3 rings (SSSR count). The van der Waals surface area contributed by atoms with Crippen LogP contribution in [-0.2, 0) is 0 Å². The lowest BCUT2D eigenvalue weighted by molar-refractivity contribution is 0.0927. The molecule has 7 heteroatoms. The Hall–Kier alpha value is -2.08. The van der Waals surface area contributed by atoms with E-state index in [9.17, 15) is 9.18 Å². The second-order valence-corrected chi connectivity index (χ2v) is 6.15. The van der Waals surface area contributed by atoms with E-state index >= 15 is 0 Å². The highest BCUT2D eigenvalue weighted by atomic mass is 35.5. The van der Waals surface area contributed by atoms with Crippen molar-refractivity contribution < 1.29 is 9.18 Å². The van der Waals surface area contributed by atoms with Crippen LogP contribution in [0, 0.1) is 12.7 Å². The average molecular weight is 337 g/mol. The number of benzene rings is 1. The predicted octanol–water partition coefficient (Wildman–Crippen LogP) is 2.91. The Kier molecular flexibility index (Phi) is 4.52. The van der Waals surface area contributed by atoms with Crippen molar-refractivity contribution in [1.29, 1.82) is 0 Å². The van der Waals surface area contributed by atoms with Gasteiger partial charge < -0.3 is 10.2 Å². The summed E-state index contributed by atoms with van der Waals surface area (Å²) in [5.41, 5.74) is 0.934. The fourth-order valence-electron chi connectivity index (χ4n) is 2.79. The van der Waals surface area contributed by atoms with Gasteiger partial charge in [0.2, 0.25) is 0 Å². The number of nitrogens with zero attached hydrogens (tertiary/aromatic N) is 2. The zero-order chi connectivity index (χ0) is 16.4. The number of H-pyrrole nitrogens is 1. The summed E-state index contributed by atoms with van der Waals surface area (Å²) in [6, 6.07) is 6.25. The summed E-state index contributed by atoms with van der Waals surface area (Å²) in [6.45, 7) is 3.54. The maximum Gasteiger partial charge on any atom is 0.255 e. The zero-order valence-corrected chi connectivity index (χ0v) is 13.5. The van der Waals surface area contributed by atoms with Gasteiger partial charge in [0.1, 0.15) is 5.82 Å². The Bertz CT molecular complexity index is 690. The third-order valence-corrected chi connectivity index (χ3v) is 4.35. The minimum absolute atomic E-state index is 0.00876. The Morgan fingerprint density at radius 3 is 2.78 bits per heavy atom. The lowest BCUT2D eigenvalue weighted by atomic mass is 10.0. The Morgan fingerprint density at radius 2 is 2.17 bits per heavy atom. The third kappa shape index (κ3) is 3.47. The van der Waals surface area contributed by atoms with Crippen LogP contribution >= 0.6 is 11.6 Å². The molecule has 5 nitrogen and oxygen atoms in total. The predicted molar refractivity (Wildman–Crippen MR) is 87.4 cm³/mol. The molecule has 1 aliphatic heterocycles. The van der Waals surface area contributed by atoms with Crippen LogP contribution in [-0.4, -0.2) is 35.2 Å². The number of carbonyl (C=O) groups excluding carboxylic acids is 1. The van der Waals surface area contributed by atoms with Crippen molar-refractivity contribution in [2.24, 2.45) is 0 Å². The van der Waals surface area contributed by atoms with E-state index in [1.165, 1.54) is 18.2 Å². The summed E-state index contributed by atoms with van der Waals surface area (Å²) in [4.78, 5) is 14.4. The van der Waals surface area contributed by atoms with Crippen molar-refractivity contribution in [2.75, 3.05) is 18.0 Å². The molecule has 1 saturated heterocycles. The lowest BCUT2D eigenvalue weighted by Gasteiger charge is -2.32. The van der Waals surface area contributed by atoms with Gasteiger partial charge in [0.25, 0.3) is 5.91 Å². The van der Waals surface area contributed by atoms with Gasteiger partial charge >= 0.3 is 0 Å². The minimum Gasteiger partial charge on any atom is -0.355 e. The normalized spacial score (nSPS) is 15.7. The smallest absolute Gasteiger partial charge is 0.255 e. The van der Waals surface area contributed by atoms with Crippen LogP contribution in [0.3, 0.4) is 0 Å². The first-order valence-corrected chi connectivity index (χ1v) is 7.94. The number of aromatic nitrogens is 2. The van der Waals surface area contributed by atoms with Crippen molar-refractivity contribution >= 4 is 23.3 Å². The summed E-state index contributed by atoms with van der Waals surface area (Å²) in [6.07, 6.45) is 1.56. The van der Waals surface area contributed by atoms with Crippen LogP contribution < -0.4 is 10.2 Å². The number of carbonyl (C=O) groups is 1. The second kappa shape index (κ2) is 6.58. The highest BCUT2D eigenvalue weighted by Gasteiger charge is 2.24. The quantitative estimate of drug-likeness (QED) is 0.906. The summed E-state index contributed by atoms with van der Waals surface area (Å²) in [5.74, 6) is -0.133. The average Bonchev–Trinajstić information content (AvgIpc) is 2.94. The van der Waals surface area contributed by atoms with Crippen LogP contribution in [0.15, 0.2) is 24.3 Å². The Labute approximate surface area is 138 Å². The topological polar surface area (TPSA) is 61.0 Å². The number of piperidine rings is 1. The van der Waals surface area contributed by atoms with Gasteiger partial charge in [0.05, 0.1) is 10.6 Å². The minimum atomic E-state index is -0.598. The van der Waals surface area contributed by atoms with E-state index < -0.39 is 11.7 Å². The highest BCUT2D eigenvalue weighted by molar-refractivity contribution is 6.33. The molecule has 1 amide bonds. The van der Waals surface area contributed by atoms with Gasteiger partial charge in [-0.25, -0.2) is 4.39 Å². The van der Waals surface area contributed by atoms with Gasteiger partial charge in [-0.3, -0.25) is 9.89 Å². The monoisotopic (exact) mass is 336 g/mol. The molecule has 0 atom stereocenters. The van der Waals surface area contributed by atoms with E-state index in [2.05, 4.69) is 20.4 Å². The van der Waals surface area contributed by atoms with E-state index in [1.54, 1.807) is 0 Å². The molecule has 122 valence electrons. The number of hydrogen-bond donors (Lipinski definition) is 2. The molecule has 0 radical (unpaired) electrons. The first-order valence-electron chi connectivity index (χ1n) is 7.56. The molecule has 1 aromatic heterocycles. The molecular weight excluding hydrogens is 319 g/mol. The molecule has 23 heavy (non-hydrogen) atoms. The molecule has 0 saturated carbocycles. The maximum absolute atomic E-state index is 13.8. The van der Waals surface area contributed by atoms with Crippen molar-refractivity contribution in [2.45, 2.75) is 25.8 Å². The molecule has 1 aromatic carbocycles. The number of anilines is 1. The van der Waals surface area contributed by atoms with Gasteiger partial charge in [0.15, 0.2) is 5.82 Å². The van der Waals surface area contributed by atoms with Crippen molar-refractivity contribution in [1.82, 2.24) is 15.5 Å². The molecule has 1 fully saturated rings. The van der Waals surface area contributed by atoms with Crippen LogP contribution in [0.2, 0.25) is 5.02 Å². The van der Waals surface area contributed by atoms with E-state index in [4.69, 9.17) is 11.6 Å². The molecular formula is C16H18ClFN4O. The largest absolute Gasteiger partial charge is 0.355 e. The number of rotatable bonds is 3. The molecule has 2 heterocycles. The SMILES string of the molecule is Cc1cc(N2CCC(NC(=O)c3c(F)cccc3Cl)CC2)n[nH]1. The van der Waals surface area contributed by atoms with Crippen LogP contribution in [0.5, 0.6) is 0 Å². The fraction of sp³-hybridized carbons (Fsp3) is 0.375. The van der Waals surface area contributed by atoms with Crippen molar-refractivity contribution in [3.63, 3.8) is 0 Å². The number of amides is 1. The summed E-state index contributed by atoms with van der Waals surface area (Å²) < 4.78 is 13.8. The van der Waals surface area contributed by atoms with Crippen molar-refractivity contribution in [3.8, 4) is 0 Å². The van der Waals surface area contributed by atoms with E-state index in [1.807, 2.05) is 13.0 Å². The van der Waals surface area contributed by atoms with Crippen molar-refractivity contribution in [3.05, 3.63) is 46.4 Å². The van der Waals surface area contributed by atoms with Gasteiger partial charge in [-0.15, -0.1) is 0 Å². The summed E-state index contributed by atoms with van der Waals surface area (Å²) in [7, 11) is 0. The molecule has 0 unspecified atom stereocenters. The Morgan fingerprint density at radius 1 is 1.43 bits per heavy atom. The zero-order valence-electron chi connectivity index (χ0n) is 12.8. The summed E-state index contributed by atoms with van der Waals surface area (Å²) in [5, 5.41) is 10.2. The van der Waals surface area contributed by atoms with E-state index in [0.717, 1.165) is 37.4 Å². The first kappa shape index (κ1) is 15.8.